The molecule has 0 bridgehead atoms. The molecule has 0 radical (unpaired) electrons. The third-order valence-electron chi connectivity index (χ3n) is 5.29. The summed E-state index contributed by atoms with van der Waals surface area (Å²) in [5.41, 5.74) is 1.84. The summed E-state index contributed by atoms with van der Waals surface area (Å²) in [6.45, 7) is 3.38. The van der Waals surface area contributed by atoms with Crippen LogP contribution in [0.5, 0.6) is 0 Å². The van der Waals surface area contributed by atoms with E-state index in [2.05, 4.69) is 4.98 Å². The maximum absolute atomic E-state index is 13.1. The molecule has 1 amide bonds. The summed E-state index contributed by atoms with van der Waals surface area (Å²) in [5, 5.41) is 0. The Kier molecular flexibility index (Phi) is 5.19. The molecule has 144 valence electrons. The molecule has 1 aromatic carbocycles. The summed E-state index contributed by atoms with van der Waals surface area (Å²) in [6, 6.07) is 12.2. The summed E-state index contributed by atoms with van der Waals surface area (Å²) in [6.07, 6.45) is 5.94. The number of halogens is 1. The Morgan fingerprint density at radius 3 is 2.79 bits per heavy atom. The first-order valence-corrected chi connectivity index (χ1v) is 9.59. The molecular formula is C22H23FN4O. The Morgan fingerprint density at radius 2 is 2.04 bits per heavy atom. The highest BCUT2D eigenvalue weighted by Crippen LogP contribution is 2.27. The molecule has 2 aromatic heterocycles. The lowest BCUT2D eigenvalue weighted by Crippen LogP contribution is -2.40. The topological polar surface area (TPSA) is 51.0 Å². The smallest absolute Gasteiger partial charge is 0.227 e. The van der Waals surface area contributed by atoms with Crippen LogP contribution in [-0.4, -0.2) is 38.4 Å². The molecule has 0 unspecified atom stereocenters. The van der Waals surface area contributed by atoms with Crippen molar-refractivity contribution in [3.05, 3.63) is 77.8 Å². The molecule has 1 fully saturated rings. The number of pyridine rings is 1. The van der Waals surface area contributed by atoms with Gasteiger partial charge < -0.3 is 4.90 Å². The van der Waals surface area contributed by atoms with Gasteiger partial charge in [0.05, 0.1) is 6.42 Å². The van der Waals surface area contributed by atoms with Crippen LogP contribution >= 0.6 is 0 Å². The molecule has 0 aliphatic carbocycles. The van der Waals surface area contributed by atoms with Crippen LogP contribution in [0.1, 0.15) is 35.8 Å². The summed E-state index contributed by atoms with van der Waals surface area (Å²) in [5.74, 6) is 1.76. The van der Waals surface area contributed by atoms with E-state index in [0.717, 1.165) is 42.3 Å². The minimum atomic E-state index is -0.284. The number of piperidine rings is 1. The van der Waals surface area contributed by atoms with E-state index >= 15 is 0 Å². The number of amides is 1. The first kappa shape index (κ1) is 18.3. The van der Waals surface area contributed by atoms with Gasteiger partial charge >= 0.3 is 0 Å². The van der Waals surface area contributed by atoms with E-state index in [9.17, 15) is 9.18 Å². The number of hydrogen-bond acceptors (Lipinski definition) is 3. The van der Waals surface area contributed by atoms with Crippen molar-refractivity contribution in [2.75, 3.05) is 13.1 Å². The highest BCUT2D eigenvalue weighted by molar-refractivity contribution is 5.79. The van der Waals surface area contributed by atoms with Gasteiger partial charge in [-0.1, -0.05) is 18.2 Å². The van der Waals surface area contributed by atoms with Gasteiger partial charge in [0, 0.05) is 37.1 Å². The van der Waals surface area contributed by atoms with E-state index in [1.807, 2.05) is 40.8 Å². The van der Waals surface area contributed by atoms with Crippen LogP contribution in [0.3, 0.4) is 0 Å². The number of likely N-dealkylation sites (tertiary alicyclic amines) is 1. The lowest BCUT2D eigenvalue weighted by atomic mass is 9.93. The zero-order chi connectivity index (χ0) is 19.5. The molecular weight excluding hydrogens is 355 g/mol. The van der Waals surface area contributed by atoms with Gasteiger partial charge in [-0.3, -0.25) is 9.36 Å². The quantitative estimate of drug-likeness (QED) is 0.696. The standard InChI is InChI=1S/C22H23FN4O/c1-16-24-11-13-27(16)21-6-2-5-20(25-21)18-4-3-12-26(15-18)22(28)14-17-7-9-19(23)10-8-17/h2,5-11,13,18H,3-4,12,14-15H2,1H3/t18-/m0/s1. The second-order valence-electron chi connectivity index (χ2n) is 7.25. The highest BCUT2D eigenvalue weighted by Gasteiger charge is 2.26. The van der Waals surface area contributed by atoms with Crippen LogP contribution in [0.4, 0.5) is 4.39 Å². The van der Waals surface area contributed by atoms with Crippen molar-refractivity contribution >= 4 is 5.91 Å². The van der Waals surface area contributed by atoms with Gasteiger partial charge in [0.25, 0.3) is 0 Å². The van der Waals surface area contributed by atoms with E-state index in [1.165, 1.54) is 12.1 Å². The number of carbonyl (C=O) groups excluding carboxylic acids is 1. The van der Waals surface area contributed by atoms with Crippen LogP contribution in [0.15, 0.2) is 54.9 Å². The van der Waals surface area contributed by atoms with Crippen LogP contribution in [-0.2, 0) is 11.2 Å². The molecule has 0 saturated carbocycles. The average molecular weight is 378 g/mol. The second kappa shape index (κ2) is 7.92. The number of imidazole rings is 1. The maximum atomic E-state index is 13.1. The average Bonchev–Trinajstić information content (AvgIpc) is 3.16. The molecule has 4 rings (SSSR count). The van der Waals surface area contributed by atoms with Crippen molar-refractivity contribution in [2.45, 2.75) is 32.1 Å². The van der Waals surface area contributed by atoms with Gasteiger partial charge in [0.1, 0.15) is 17.5 Å². The Hall–Kier alpha value is -3.02. The fourth-order valence-corrected chi connectivity index (χ4v) is 3.75. The lowest BCUT2D eigenvalue weighted by Gasteiger charge is -2.32. The molecule has 1 saturated heterocycles. The molecule has 3 aromatic rings. The number of benzene rings is 1. The number of carbonyl (C=O) groups is 1. The fourth-order valence-electron chi connectivity index (χ4n) is 3.75. The van der Waals surface area contributed by atoms with E-state index in [0.29, 0.717) is 13.0 Å². The monoisotopic (exact) mass is 378 g/mol. The van der Waals surface area contributed by atoms with Gasteiger partial charge in [0.2, 0.25) is 5.91 Å². The molecule has 1 aliphatic rings. The van der Waals surface area contributed by atoms with Crippen molar-refractivity contribution in [1.29, 1.82) is 0 Å². The molecule has 28 heavy (non-hydrogen) atoms. The number of aryl methyl sites for hydroxylation is 1. The Labute approximate surface area is 163 Å². The van der Waals surface area contributed by atoms with Gasteiger partial charge in [-0.2, -0.15) is 0 Å². The SMILES string of the molecule is Cc1nccn1-c1cccc([C@H]2CCCN(C(=O)Cc3ccc(F)cc3)C2)n1. The zero-order valence-corrected chi connectivity index (χ0v) is 15.9. The normalized spacial score (nSPS) is 16.9. The highest BCUT2D eigenvalue weighted by atomic mass is 19.1. The first-order valence-electron chi connectivity index (χ1n) is 9.59. The number of nitrogens with zero attached hydrogens (tertiary/aromatic N) is 4. The Morgan fingerprint density at radius 1 is 1.21 bits per heavy atom. The number of rotatable bonds is 4. The van der Waals surface area contributed by atoms with Gasteiger partial charge in [-0.25, -0.2) is 14.4 Å². The summed E-state index contributed by atoms with van der Waals surface area (Å²) >= 11 is 0. The van der Waals surface area contributed by atoms with Crippen LogP contribution in [0.2, 0.25) is 0 Å². The van der Waals surface area contributed by atoms with Crippen molar-refractivity contribution < 1.29 is 9.18 Å². The molecule has 6 heteroatoms. The Balaban J connectivity index is 1.47. The first-order chi connectivity index (χ1) is 13.6. The van der Waals surface area contributed by atoms with Crippen molar-refractivity contribution in [3.63, 3.8) is 0 Å². The fraction of sp³-hybridized carbons (Fsp3) is 0.318. The van der Waals surface area contributed by atoms with E-state index < -0.39 is 0 Å². The number of aromatic nitrogens is 3. The third-order valence-corrected chi connectivity index (χ3v) is 5.29. The van der Waals surface area contributed by atoms with Crippen molar-refractivity contribution in [2.24, 2.45) is 0 Å². The lowest BCUT2D eigenvalue weighted by molar-refractivity contribution is -0.131. The molecule has 3 heterocycles. The predicted octanol–water partition coefficient (Wildman–Crippen LogP) is 3.66. The third kappa shape index (κ3) is 3.96. The van der Waals surface area contributed by atoms with Crippen LogP contribution in [0, 0.1) is 12.7 Å². The van der Waals surface area contributed by atoms with Crippen molar-refractivity contribution in [3.8, 4) is 5.82 Å². The van der Waals surface area contributed by atoms with Crippen molar-refractivity contribution in [1.82, 2.24) is 19.4 Å². The molecule has 1 aliphatic heterocycles. The van der Waals surface area contributed by atoms with E-state index in [4.69, 9.17) is 4.98 Å². The molecule has 0 N–H and O–H groups in total. The second-order valence-corrected chi connectivity index (χ2v) is 7.25. The van der Waals surface area contributed by atoms with E-state index in [-0.39, 0.29) is 17.6 Å². The maximum Gasteiger partial charge on any atom is 0.227 e. The summed E-state index contributed by atoms with van der Waals surface area (Å²) in [4.78, 5) is 23.7. The Bertz CT molecular complexity index is 967. The van der Waals surface area contributed by atoms with Crippen LogP contribution < -0.4 is 0 Å². The van der Waals surface area contributed by atoms with Gasteiger partial charge in [0.15, 0.2) is 0 Å². The van der Waals surface area contributed by atoms with Gasteiger partial charge in [-0.05, 0) is 49.6 Å². The molecule has 5 nitrogen and oxygen atoms in total. The minimum absolute atomic E-state index is 0.0814. The van der Waals surface area contributed by atoms with E-state index in [1.54, 1.807) is 18.3 Å². The minimum Gasteiger partial charge on any atom is -0.342 e. The number of hydrogen-bond donors (Lipinski definition) is 0. The largest absolute Gasteiger partial charge is 0.342 e. The zero-order valence-electron chi connectivity index (χ0n) is 15.9. The predicted molar refractivity (Wildman–Crippen MR) is 105 cm³/mol. The molecule has 0 spiro atoms. The summed E-state index contributed by atoms with van der Waals surface area (Å²) in [7, 11) is 0. The summed E-state index contributed by atoms with van der Waals surface area (Å²) < 4.78 is 15.0. The molecule has 1 atom stereocenters. The van der Waals surface area contributed by atoms with Gasteiger partial charge in [-0.15, -0.1) is 0 Å². The van der Waals surface area contributed by atoms with Crippen LogP contribution in [0.25, 0.3) is 5.82 Å².